The molecule has 7 aliphatic rings. The predicted octanol–water partition coefficient (Wildman–Crippen LogP) is 6.68. The maximum atomic E-state index is 14.8. The molecule has 9 nitrogen and oxygen atoms in total. The Balaban J connectivity index is 1.26. The normalized spacial score (nSPS) is 40.5. The Morgan fingerprint density at radius 3 is 1.92 bits per heavy atom. The molecule has 0 spiro atoms. The molecule has 7 rings (SSSR count). The molecule has 8 atom stereocenters. The van der Waals surface area contributed by atoms with Gasteiger partial charge in [-0.2, -0.15) is 0 Å². The molecule has 6 bridgehead atoms. The number of fused-ring (bicyclic) bond motifs is 5. The predicted molar refractivity (Wildman–Crippen MR) is 177 cm³/mol. The summed E-state index contributed by atoms with van der Waals surface area (Å²) < 4.78 is 30.2. The van der Waals surface area contributed by atoms with Crippen molar-refractivity contribution in [2.45, 2.75) is 144 Å². The Morgan fingerprint density at radius 2 is 1.38 bits per heavy atom. The molecule has 1 saturated heterocycles. The van der Waals surface area contributed by atoms with Crippen molar-refractivity contribution in [3.05, 3.63) is 0 Å². The smallest absolute Gasteiger partial charge is 0.312 e. The van der Waals surface area contributed by atoms with Gasteiger partial charge in [-0.05, 0) is 143 Å². The number of carbonyl (C=O) groups excluding carboxylic acids is 4. The van der Waals surface area contributed by atoms with Gasteiger partial charge in [-0.1, -0.05) is 6.92 Å². The molecule has 8 unspecified atom stereocenters. The van der Waals surface area contributed by atoms with Crippen molar-refractivity contribution in [3.63, 3.8) is 0 Å². The molecule has 0 aromatic heterocycles. The van der Waals surface area contributed by atoms with Crippen LogP contribution in [0.25, 0.3) is 0 Å². The standard InChI is InChI=1S/C39H60O9/c1-11-37(7,33(42)47-35(2,3)4)20-38(8,34(43)48-39(9)23-13-21-12-22(15-23)16-24(39)14-21)19-36(5,6)32(41)46-30-26-17-25(29(30)44-10)27-18-45-31(40)28(26)27/h21-30H,11-20H2,1-10H3. The average molecular weight is 673 g/mol. The van der Waals surface area contributed by atoms with Gasteiger partial charge in [-0.25, -0.2) is 0 Å². The zero-order valence-electron chi connectivity index (χ0n) is 31.0. The zero-order chi connectivity index (χ0) is 35.2. The number of ether oxygens (including phenoxy) is 5. The summed E-state index contributed by atoms with van der Waals surface area (Å²) in [7, 11) is 1.63. The second kappa shape index (κ2) is 12.0. The topological polar surface area (TPSA) is 114 Å². The summed E-state index contributed by atoms with van der Waals surface area (Å²) in [6.07, 6.45) is 6.31. The summed E-state index contributed by atoms with van der Waals surface area (Å²) in [6, 6.07) is 0. The molecule has 6 saturated carbocycles. The van der Waals surface area contributed by atoms with Crippen LogP contribution in [0.4, 0.5) is 0 Å². The maximum absolute atomic E-state index is 14.8. The van der Waals surface area contributed by atoms with Crippen LogP contribution >= 0.6 is 0 Å². The van der Waals surface area contributed by atoms with Crippen molar-refractivity contribution >= 4 is 23.9 Å². The highest BCUT2D eigenvalue weighted by Gasteiger charge is 2.66. The minimum Gasteiger partial charge on any atom is -0.465 e. The van der Waals surface area contributed by atoms with Crippen LogP contribution in [-0.2, 0) is 42.9 Å². The van der Waals surface area contributed by atoms with Gasteiger partial charge >= 0.3 is 23.9 Å². The summed E-state index contributed by atoms with van der Waals surface area (Å²) in [6.45, 7) is 17.3. The minimum absolute atomic E-state index is 0.0958. The van der Waals surface area contributed by atoms with Crippen LogP contribution in [-0.4, -0.2) is 61.0 Å². The van der Waals surface area contributed by atoms with E-state index in [0.717, 1.165) is 43.9 Å². The van der Waals surface area contributed by atoms with Gasteiger partial charge in [0.15, 0.2) is 0 Å². The number of cyclic esters (lactones) is 1. The molecule has 48 heavy (non-hydrogen) atoms. The summed E-state index contributed by atoms with van der Waals surface area (Å²) in [5, 5.41) is 0. The molecule has 7 fully saturated rings. The van der Waals surface area contributed by atoms with Gasteiger partial charge < -0.3 is 23.7 Å². The third-order valence-electron chi connectivity index (χ3n) is 13.8. The van der Waals surface area contributed by atoms with Crippen LogP contribution in [0.3, 0.4) is 0 Å². The van der Waals surface area contributed by atoms with Crippen LogP contribution in [0.2, 0.25) is 0 Å². The molecule has 270 valence electrons. The Bertz CT molecular complexity index is 1280. The van der Waals surface area contributed by atoms with Gasteiger partial charge in [0.1, 0.15) is 17.3 Å². The SMILES string of the molecule is CCC(C)(CC(C)(CC(C)(C)C(=O)OC1C2CC(C3COC(=O)C32)C1OC)C(=O)OC1(C)C2CC3CC(C2)CC1C3)C(=O)OC(C)(C)C. The second-order valence-corrected chi connectivity index (χ2v) is 19.0. The molecule has 6 aliphatic carbocycles. The van der Waals surface area contributed by atoms with Crippen molar-refractivity contribution in [3.8, 4) is 0 Å². The van der Waals surface area contributed by atoms with E-state index >= 15 is 0 Å². The third kappa shape index (κ3) is 6.00. The molecule has 0 aromatic rings. The summed E-state index contributed by atoms with van der Waals surface area (Å²) in [5.74, 6) is 0.503. The van der Waals surface area contributed by atoms with E-state index in [1.807, 2.05) is 55.4 Å². The molecule has 0 radical (unpaired) electrons. The Morgan fingerprint density at radius 1 is 0.771 bits per heavy atom. The maximum Gasteiger partial charge on any atom is 0.312 e. The lowest BCUT2D eigenvalue weighted by molar-refractivity contribution is -0.215. The van der Waals surface area contributed by atoms with Gasteiger partial charge in [0, 0.05) is 18.9 Å². The lowest BCUT2D eigenvalue weighted by Crippen LogP contribution is -2.59. The van der Waals surface area contributed by atoms with E-state index in [-0.39, 0.29) is 60.5 Å². The van der Waals surface area contributed by atoms with Gasteiger partial charge in [0.25, 0.3) is 0 Å². The van der Waals surface area contributed by atoms with Crippen LogP contribution in [0.5, 0.6) is 0 Å². The molecule has 0 N–H and O–H groups in total. The molecule has 9 heteroatoms. The third-order valence-corrected chi connectivity index (χ3v) is 13.8. The Hall–Kier alpha value is -2.16. The number of rotatable bonds is 11. The fourth-order valence-corrected chi connectivity index (χ4v) is 11.5. The molecule has 0 amide bonds. The molecular weight excluding hydrogens is 612 g/mol. The largest absolute Gasteiger partial charge is 0.465 e. The van der Waals surface area contributed by atoms with Crippen LogP contribution < -0.4 is 0 Å². The highest BCUT2D eigenvalue weighted by atomic mass is 16.6. The first-order valence-electron chi connectivity index (χ1n) is 18.6. The second-order valence-electron chi connectivity index (χ2n) is 19.0. The van der Waals surface area contributed by atoms with Crippen molar-refractivity contribution in [1.82, 2.24) is 0 Å². The van der Waals surface area contributed by atoms with Crippen molar-refractivity contribution < 1.29 is 42.9 Å². The van der Waals surface area contributed by atoms with E-state index in [0.29, 0.717) is 24.9 Å². The molecule has 1 heterocycles. The summed E-state index contributed by atoms with van der Waals surface area (Å²) in [5.41, 5.74) is -4.55. The first kappa shape index (κ1) is 35.7. The average Bonchev–Trinajstić information content (AvgIpc) is 3.65. The Kier molecular flexibility index (Phi) is 8.89. The summed E-state index contributed by atoms with van der Waals surface area (Å²) >= 11 is 0. The fourth-order valence-electron chi connectivity index (χ4n) is 11.5. The lowest BCUT2D eigenvalue weighted by Gasteiger charge is -2.59. The molecular formula is C39H60O9. The fraction of sp³-hybridized carbons (Fsp3) is 0.897. The number of hydrogen-bond acceptors (Lipinski definition) is 9. The van der Waals surface area contributed by atoms with Gasteiger partial charge in [0.05, 0.1) is 34.9 Å². The van der Waals surface area contributed by atoms with E-state index in [1.54, 1.807) is 7.11 Å². The monoisotopic (exact) mass is 672 g/mol. The van der Waals surface area contributed by atoms with Gasteiger partial charge in [-0.3, -0.25) is 19.2 Å². The van der Waals surface area contributed by atoms with E-state index < -0.39 is 39.5 Å². The van der Waals surface area contributed by atoms with Crippen molar-refractivity contribution in [2.24, 2.45) is 63.6 Å². The molecule has 0 aromatic carbocycles. The minimum atomic E-state index is -1.20. The van der Waals surface area contributed by atoms with E-state index in [9.17, 15) is 19.2 Å². The first-order valence-corrected chi connectivity index (χ1v) is 18.6. The number of carbonyl (C=O) groups is 4. The van der Waals surface area contributed by atoms with Crippen molar-refractivity contribution in [1.29, 1.82) is 0 Å². The first-order chi connectivity index (χ1) is 22.2. The highest BCUT2D eigenvalue weighted by Crippen LogP contribution is 2.61. The number of hydrogen-bond donors (Lipinski definition) is 0. The lowest BCUT2D eigenvalue weighted by atomic mass is 9.50. The van der Waals surface area contributed by atoms with Gasteiger partial charge in [-0.15, -0.1) is 0 Å². The van der Waals surface area contributed by atoms with E-state index in [1.165, 1.54) is 6.42 Å². The quantitative estimate of drug-likeness (QED) is 0.175. The van der Waals surface area contributed by atoms with E-state index in [4.69, 9.17) is 23.7 Å². The highest BCUT2D eigenvalue weighted by molar-refractivity contribution is 5.83. The van der Waals surface area contributed by atoms with Crippen LogP contribution in [0.1, 0.15) is 120 Å². The van der Waals surface area contributed by atoms with Gasteiger partial charge in [0.2, 0.25) is 0 Å². The van der Waals surface area contributed by atoms with E-state index in [2.05, 4.69) is 6.92 Å². The number of esters is 4. The Labute approximate surface area is 287 Å². The summed E-state index contributed by atoms with van der Waals surface area (Å²) in [4.78, 5) is 55.3. The number of methoxy groups -OCH3 is 1. The van der Waals surface area contributed by atoms with Crippen molar-refractivity contribution in [2.75, 3.05) is 13.7 Å². The molecule has 1 aliphatic heterocycles. The zero-order valence-corrected chi connectivity index (χ0v) is 31.0. The van der Waals surface area contributed by atoms with Crippen LogP contribution in [0, 0.1) is 63.6 Å². The van der Waals surface area contributed by atoms with Crippen LogP contribution in [0.15, 0.2) is 0 Å².